The lowest BCUT2D eigenvalue weighted by Gasteiger charge is -2.20. The van der Waals surface area contributed by atoms with Crippen LogP contribution in [-0.2, 0) is 11.4 Å². The fraction of sp³-hybridized carbons (Fsp3) is 0.462. The summed E-state index contributed by atoms with van der Waals surface area (Å²) >= 11 is 6.91. The third-order valence-electron chi connectivity index (χ3n) is 2.68. The summed E-state index contributed by atoms with van der Waals surface area (Å²) in [6, 6.07) is 4.73. The monoisotopic (exact) mass is 304 g/mol. The van der Waals surface area contributed by atoms with Gasteiger partial charge < -0.3 is 15.3 Å². The van der Waals surface area contributed by atoms with Crippen molar-refractivity contribution in [1.82, 2.24) is 0 Å². The van der Waals surface area contributed by atoms with Gasteiger partial charge in [0.25, 0.3) is 0 Å². The lowest BCUT2D eigenvalue weighted by Crippen LogP contribution is -2.20. The molecule has 0 aliphatic rings. The van der Waals surface area contributed by atoms with Crippen LogP contribution < -0.4 is 0 Å². The first-order valence-corrected chi connectivity index (χ1v) is 7.20. The average Bonchev–Trinajstić information content (AvgIpc) is 2.37. The zero-order valence-corrected chi connectivity index (χ0v) is 12.1. The molecular weight excluding hydrogens is 288 g/mol. The van der Waals surface area contributed by atoms with Gasteiger partial charge in [-0.1, -0.05) is 29.4 Å². The molecule has 19 heavy (non-hydrogen) atoms. The Morgan fingerprint density at radius 1 is 1.42 bits per heavy atom. The van der Waals surface area contributed by atoms with Crippen molar-refractivity contribution in [2.24, 2.45) is 0 Å². The predicted octanol–water partition coefficient (Wildman–Crippen LogP) is 1.90. The van der Waals surface area contributed by atoms with Crippen molar-refractivity contribution in [3.8, 4) is 0 Å². The van der Waals surface area contributed by atoms with Crippen LogP contribution in [0.4, 0.5) is 0 Å². The highest BCUT2D eigenvalue weighted by molar-refractivity contribution is 8.13. The van der Waals surface area contributed by atoms with E-state index in [0.717, 1.165) is 11.8 Å². The van der Waals surface area contributed by atoms with Gasteiger partial charge in [-0.25, -0.2) is 0 Å². The Hall–Kier alpha value is -0.590. The van der Waals surface area contributed by atoms with Crippen molar-refractivity contribution in [1.29, 1.82) is 0 Å². The van der Waals surface area contributed by atoms with Crippen LogP contribution in [0.3, 0.4) is 0 Å². The number of thioether (sulfide) groups is 1. The van der Waals surface area contributed by atoms with E-state index >= 15 is 0 Å². The molecule has 3 N–H and O–H groups in total. The Labute approximate surface area is 121 Å². The van der Waals surface area contributed by atoms with Crippen LogP contribution in [0.15, 0.2) is 18.2 Å². The highest BCUT2D eigenvalue weighted by Gasteiger charge is 2.21. The van der Waals surface area contributed by atoms with Gasteiger partial charge in [0, 0.05) is 17.7 Å². The number of aliphatic hydroxyl groups is 3. The summed E-state index contributed by atoms with van der Waals surface area (Å²) in [5, 5.41) is 29.6. The fourth-order valence-electron chi connectivity index (χ4n) is 1.69. The predicted molar refractivity (Wildman–Crippen MR) is 76.1 cm³/mol. The van der Waals surface area contributed by atoms with E-state index in [9.17, 15) is 20.1 Å². The van der Waals surface area contributed by atoms with E-state index in [1.165, 1.54) is 6.92 Å². The number of halogens is 1. The van der Waals surface area contributed by atoms with E-state index < -0.39 is 12.2 Å². The molecule has 0 aliphatic heterocycles. The minimum absolute atomic E-state index is 0.0239. The molecule has 0 spiro atoms. The van der Waals surface area contributed by atoms with Crippen LogP contribution in [-0.4, -0.2) is 32.3 Å². The zero-order chi connectivity index (χ0) is 14.4. The number of benzene rings is 1. The molecule has 0 aromatic heterocycles. The smallest absolute Gasteiger partial charge is 0.185 e. The molecule has 106 valence electrons. The summed E-state index contributed by atoms with van der Waals surface area (Å²) < 4.78 is 0. The Morgan fingerprint density at radius 2 is 2.11 bits per heavy atom. The molecule has 0 amide bonds. The van der Waals surface area contributed by atoms with Crippen LogP contribution in [0.1, 0.15) is 30.6 Å². The Bertz CT molecular complexity index is 439. The third kappa shape index (κ3) is 5.12. The minimum Gasteiger partial charge on any atom is -0.392 e. The summed E-state index contributed by atoms with van der Waals surface area (Å²) in [7, 11) is 0. The van der Waals surface area contributed by atoms with E-state index in [-0.39, 0.29) is 11.7 Å². The van der Waals surface area contributed by atoms with Gasteiger partial charge in [-0.15, -0.1) is 0 Å². The van der Waals surface area contributed by atoms with Gasteiger partial charge in [0.05, 0.1) is 12.7 Å². The summed E-state index contributed by atoms with van der Waals surface area (Å²) in [6.45, 7) is 1.19. The molecule has 0 bridgehead atoms. The lowest BCUT2D eigenvalue weighted by molar-refractivity contribution is -0.109. The van der Waals surface area contributed by atoms with Crippen molar-refractivity contribution in [2.45, 2.75) is 32.2 Å². The van der Waals surface area contributed by atoms with Crippen molar-refractivity contribution >= 4 is 28.5 Å². The second-order valence-corrected chi connectivity index (χ2v) is 5.85. The van der Waals surface area contributed by atoms with E-state index in [0.29, 0.717) is 28.3 Å². The number of carbonyl (C=O) groups is 1. The van der Waals surface area contributed by atoms with Crippen molar-refractivity contribution in [2.75, 3.05) is 5.75 Å². The van der Waals surface area contributed by atoms with Gasteiger partial charge in [-0.3, -0.25) is 4.79 Å². The van der Waals surface area contributed by atoms with E-state index in [1.807, 2.05) is 0 Å². The maximum absolute atomic E-state index is 10.8. The number of rotatable bonds is 6. The van der Waals surface area contributed by atoms with Crippen LogP contribution in [0, 0.1) is 0 Å². The van der Waals surface area contributed by atoms with E-state index in [1.54, 1.807) is 18.2 Å². The summed E-state index contributed by atoms with van der Waals surface area (Å²) in [5.41, 5.74) is 0.936. The SMILES string of the molecule is CC(=O)SCCC(O)C(O)c1ccc(Cl)cc1CO. The number of hydrogen-bond donors (Lipinski definition) is 3. The van der Waals surface area contributed by atoms with Crippen molar-refractivity contribution in [3.63, 3.8) is 0 Å². The molecule has 0 aliphatic carbocycles. The lowest BCUT2D eigenvalue weighted by atomic mass is 9.98. The molecular formula is C13H17ClO4S. The summed E-state index contributed by atoms with van der Waals surface area (Å²) in [4.78, 5) is 10.8. The topological polar surface area (TPSA) is 77.8 Å². The first kappa shape index (κ1) is 16.5. The highest BCUT2D eigenvalue weighted by atomic mass is 35.5. The van der Waals surface area contributed by atoms with Gasteiger partial charge in [0.1, 0.15) is 6.10 Å². The second kappa shape index (κ2) is 7.87. The zero-order valence-electron chi connectivity index (χ0n) is 10.5. The van der Waals surface area contributed by atoms with Gasteiger partial charge in [0.15, 0.2) is 5.12 Å². The molecule has 0 radical (unpaired) electrons. The molecule has 0 saturated carbocycles. The summed E-state index contributed by atoms with van der Waals surface area (Å²) in [5.74, 6) is 0.440. The quantitative estimate of drug-likeness (QED) is 0.748. The number of carbonyl (C=O) groups excluding carboxylic acids is 1. The maximum Gasteiger partial charge on any atom is 0.185 e. The fourth-order valence-corrected chi connectivity index (χ4v) is 2.53. The molecule has 1 rings (SSSR count). The minimum atomic E-state index is -1.10. The molecule has 4 nitrogen and oxygen atoms in total. The van der Waals surface area contributed by atoms with Gasteiger partial charge in [0.2, 0.25) is 0 Å². The van der Waals surface area contributed by atoms with E-state index in [2.05, 4.69) is 0 Å². The molecule has 6 heteroatoms. The van der Waals surface area contributed by atoms with Crippen LogP contribution in [0.2, 0.25) is 5.02 Å². The number of hydrogen-bond acceptors (Lipinski definition) is 5. The molecule has 1 aromatic carbocycles. The normalized spacial score (nSPS) is 14.2. The average molecular weight is 305 g/mol. The molecule has 1 aromatic rings. The molecule has 0 saturated heterocycles. The van der Waals surface area contributed by atoms with Gasteiger partial charge >= 0.3 is 0 Å². The molecule has 2 unspecified atom stereocenters. The largest absolute Gasteiger partial charge is 0.392 e. The van der Waals surface area contributed by atoms with Gasteiger partial charge in [-0.05, 0) is 29.7 Å². The molecule has 0 heterocycles. The highest BCUT2D eigenvalue weighted by Crippen LogP contribution is 2.26. The second-order valence-electron chi connectivity index (χ2n) is 4.14. The van der Waals surface area contributed by atoms with Crippen LogP contribution in [0.25, 0.3) is 0 Å². The molecule has 2 atom stereocenters. The van der Waals surface area contributed by atoms with Crippen LogP contribution >= 0.6 is 23.4 Å². The number of aliphatic hydroxyl groups excluding tert-OH is 3. The van der Waals surface area contributed by atoms with Crippen LogP contribution in [0.5, 0.6) is 0 Å². The van der Waals surface area contributed by atoms with Crippen molar-refractivity contribution < 1.29 is 20.1 Å². The Kier molecular flexibility index (Phi) is 6.82. The Balaban J connectivity index is 2.70. The van der Waals surface area contributed by atoms with E-state index in [4.69, 9.17) is 11.6 Å². The van der Waals surface area contributed by atoms with Crippen molar-refractivity contribution in [3.05, 3.63) is 34.3 Å². The first-order valence-electron chi connectivity index (χ1n) is 5.84. The third-order valence-corrected chi connectivity index (χ3v) is 3.76. The molecule has 0 fully saturated rings. The first-order chi connectivity index (χ1) is 8.95. The van der Waals surface area contributed by atoms with Gasteiger partial charge in [-0.2, -0.15) is 0 Å². The summed E-state index contributed by atoms with van der Waals surface area (Å²) in [6.07, 6.45) is -1.80. The Morgan fingerprint density at radius 3 is 2.68 bits per heavy atom. The standard InChI is InChI=1S/C13H17ClO4S/c1-8(16)19-5-4-12(17)13(18)11-3-2-10(14)6-9(11)7-15/h2-3,6,12-13,15,17-18H,4-5,7H2,1H3. The maximum atomic E-state index is 10.8.